The van der Waals surface area contributed by atoms with Crippen molar-refractivity contribution in [2.75, 3.05) is 25.6 Å². The molecule has 29 heavy (non-hydrogen) atoms. The molecule has 0 saturated carbocycles. The molecule has 4 N–H and O–H groups in total. The van der Waals surface area contributed by atoms with E-state index in [1.165, 1.54) is 18.0 Å². The minimum atomic E-state index is -1.36. The highest BCUT2D eigenvalue weighted by atomic mass is 16.6. The van der Waals surface area contributed by atoms with Crippen LogP contribution >= 0.6 is 0 Å². The number of methoxy groups -OCH3 is 1. The molecule has 2 aromatic rings. The zero-order valence-corrected chi connectivity index (χ0v) is 16.2. The molecule has 0 bridgehead atoms. The van der Waals surface area contributed by atoms with Crippen LogP contribution in [0.3, 0.4) is 0 Å². The number of aromatic nitrogens is 4. The monoisotopic (exact) mass is 409 g/mol. The Labute approximate surface area is 164 Å². The van der Waals surface area contributed by atoms with Gasteiger partial charge in [-0.2, -0.15) is 4.98 Å². The van der Waals surface area contributed by atoms with E-state index < -0.39 is 35.9 Å². The molecule has 1 aliphatic rings. The highest BCUT2D eigenvalue weighted by molar-refractivity contribution is 5.91. The van der Waals surface area contributed by atoms with E-state index in [1.807, 2.05) is 0 Å². The Morgan fingerprint density at radius 1 is 1.52 bits per heavy atom. The molecule has 12 heteroatoms. The Balaban J connectivity index is 2.14. The number of aliphatic hydroxyl groups is 1. The van der Waals surface area contributed by atoms with Gasteiger partial charge in [0.15, 0.2) is 16.9 Å². The summed E-state index contributed by atoms with van der Waals surface area (Å²) < 4.78 is 12.7. The van der Waals surface area contributed by atoms with Crippen LogP contribution in [0.2, 0.25) is 0 Å². The average molecular weight is 409 g/mol. The molecule has 0 aliphatic carbocycles. The summed E-state index contributed by atoms with van der Waals surface area (Å²) in [4.78, 5) is 46.6. The maximum Gasteiger partial charge on any atom is 0.303 e. The van der Waals surface area contributed by atoms with Crippen LogP contribution in [0.5, 0.6) is 0 Å². The molecule has 3 heterocycles. The number of anilines is 1. The van der Waals surface area contributed by atoms with Gasteiger partial charge in [-0.25, -0.2) is 4.98 Å². The predicted molar refractivity (Wildman–Crippen MR) is 99.2 cm³/mol. The zero-order chi connectivity index (χ0) is 21.3. The molecule has 0 radical (unpaired) electrons. The van der Waals surface area contributed by atoms with Gasteiger partial charge < -0.3 is 19.7 Å². The summed E-state index contributed by atoms with van der Waals surface area (Å²) in [6.07, 6.45) is 0.173. The number of nitrogens with one attached hydrogen (secondary N) is 2. The lowest BCUT2D eigenvalue weighted by Gasteiger charge is -2.34. The number of ether oxygens (including phenoxy) is 2. The highest BCUT2D eigenvalue weighted by Crippen LogP contribution is 2.41. The van der Waals surface area contributed by atoms with Crippen molar-refractivity contribution < 1.29 is 29.3 Å². The first-order valence-corrected chi connectivity index (χ1v) is 9.01. The summed E-state index contributed by atoms with van der Waals surface area (Å²) in [7, 11) is 1.37. The maximum absolute atomic E-state index is 12.4. The summed E-state index contributed by atoms with van der Waals surface area (Å²) in [6, 6.07) is 0. The standard InChI is InChI=1S/C17H23N5O7/c1-8(2)14(26)20-16-19-13-12(15(27)21-16)18-7-22(13)17(28-3)6-29-10(5-23)9(17)4-11(24)25/h7-10,23H,4-6H2,1-3H3,(H,24,25)(H2,19,20,21,26,27)/t9-,10-,17-/m1/s1. The summed E-state index contributed by atoms with van der Waals surface area (Å²) in [5.74, 6) is -2.61. The fourth-order valence-corrected chi connectivity index (χ4v) is 3.46. The fraction of sp³-hybridized carbons (Fsp3) is 0.588. The van der Waals surface area contributed by atoms with Crippen molar-refractivity contribution in [1.29, 1.82) is 0 Å². The van der Waals surface area contributed by atoms with Crippen LogP contribution in [-0.4, -0.2) is 68.0 Å². The van der Waals surface area contributed by atoms with E-state index in [0.29, 0.717) is 0 Å². The number of rotatable bonds is 7. The van der Waals surface area contributed by atoms with Gasteiger partial charge in [0.05, 0.1) is 32.1 Å². The Bertz CT molecular complexity index is 984. The molecule has 2 aromatic heterocycles. The van der Waals surface area contributed by atoms with E-state index >= 15 is 0 Å². The third kappa shape index (κ3) is 3.61. The van der Waals surface area contributed by atoms with Crippen molar-refractivity contribution in [3.8, 4) is 0 Å². The van der Waals surface area contributed by atoms with E-state index in [1.54, 1.807) is 13.8 Å². The van der Waals surface area contributed by atoms with E-state index in [4.69, 9.17) is 9.47 Å². The molecule has 3 rings (SSSR count). The lowest BCUT2D eigenvalue weighted by molar-refractivity contribution is -0.146. The van der Waals surface area contributed by atoms with Crippen molar-refractivity contribution in [3.63, 3.8) is 0 Å². The number of carboxylic acid groups (broad SMARTS) is 1. The number of carbonyl (C=O) groups excluding carboxylic acids is 1. The predicted octanol–water partition coefficient (Wildman–Crippen LogP) is -0.505. The van der Waals surface area contributed by atoms with Crippen molar-refractivity contribution in [3.05, 3.63) is 16.7 Å². The number of aromatic amines is 1. The number of hydrogen-bond acceptors (Lipinski definition) is 8. The van der Waals surface area contributed by atoms with E-state index in [0.717, 1.165) is 0 Å². The second-order valence-corrected chi connectivity index (χ2v) is 7.13. The SMILES string of the molecule is CO[C@]1(n2cnc3c(=O)[nH]c(NC(=O)C(C)C)nc32)CO[C@H](CO)[C@H]1CC(=O)O. The summed E-state index contributed by atoms with van der Waals surface area (Å²) >= 11 is 0. The highest BCUT2D eigenvalue weighted by Gasteiger charge is 2.53. The van der Waals surface area contributed by atoms with Gasteiger partial charge >= 0.3 is 5.97 Å². The molecule has 1 saturated heterocycles. The third-order valence-electron chi connectivity index (χ3n) is 5.04. The molecule has 12 nitrogen and oxygen atoms in total. The van der Waals surface area contributed by atoms with Crippen LogP contribution in [-0.2, 0) is 24.8 Å². The lowest BCUT2D eigenvalue weighted by Crippen LogP contribution is -2.45. The summed E-state index contributed by atoms with van der Waals surface area (Å²) in [6.45, 7) is 2.90. The van der Waals surface area contributed by atoms with Gasteiger partial charge in [-0.05, 0) is 0 Å². The molecule has 158 valence electrons. The number of carboxylic acids is 1. The molecule has 0 spiro atoms. The number of carbonyl (C=O) groups is 2. The van der Waals surface area contributed by atoms with Gasteiger partial charge in [0.2, 0.25) is 11.9 Å². The molecule has 0 unspecified atom stereocenters. The van der Waals surface area contributed by atoms with Crippen molar-refractivity contribution in [1.82, 2.24) is 19.5 Å². The van der Waals surface area contributed by atoms with Gasteiger partial charge in [-0.1, -0.05) is 13.8 Å². The first kappa shape index (κ1) is 20.9. The summed E-state index contributed by atoms with van der Waals surface area (Å²) in [5.41, 5.74) is -1.86. The maximum atomic E-state index is 12.4. The van der Waals surface area contributed by atoms with Crippen LogP contribution in [0, 0.1) is 11.8 Å². The minimum absolute atomic E-state index is 0.00880. The Hall–Kier alpha value is -2.83. The minimum Gasteiger partial charge on any atom is -0.481 e. The van der Waals surface area contributed by atoms with Crippen LogP contribution in [0.4, 0.5) is 5.95 Å². The van der Waals surface area contributed by atoms with Crippen molar-refractivity contribution in [2.24, 2.45) is 11.8 Å². The average Bonchev–Trinajstić information content (AvgIpc) is 3.23. The van der Waals surface area contributed by atoms with Gasteiger partial charge in [0, 0.05) is 18.9 Å². The van der Waals surface area contributed by atoms with E-state index in [2.05, 4.69) is 20.3 Å². The third-order valence-corrected chi connectivity index (χ3v) is 5.04. The second kappa shape index (κ2) is 7.89. The molecular weight excluding hydrogens is 386 g/mol. The van der Waals surface area contributed by atoms with Gasteiger partial charge in [0.1, 0.15) is 0 Å². The van der Waals surface area contributed by atoms with Crippen molar-refractivity contribution >= 4 is 29.0 Å². The number of imidazole rings is 1. The molecule has 1 fully saturated rings. The quantitative estimate of drug-likeness (QED) is 0.471. The van der Waals surface area contributed by atoms with Crippen LogP contribution in [0.1, 0.15) is 20.3 Å². The van der Waals surface area contributed by atoms with Gasteiger partial charge in [0.25, 0.3) is 5.56 Å². The number of hydrogen-bond donors (Lipinski definition) is 4. The first-order chi connectivity index (χ1) is 13.7. The smallest absolute Gasteiger partial charge is 0.303 e. The first-order valence-electron chi connectivity index (χ1n) is 9.01. The van der Waals surface area contributed by atoms with Crippen LogP contribution in [0.15, 0.2) is 11.1 Å². The normalized spacial score (nSPS) is 24.3. The molecule has 3 atom stereocenters. The fourth-order valence-electron chi connectivity index (χ4n) is 3.46. The number of H-pyrrole nitrogens is 1. The molecule has 0 aromatic carbocycles. The lowest BCUT2D eigenvalue weighted by atomic mass is 9.89. The number of fused-ring (bicyclic) bond motifs is 1. The topological polar surface area (TPSA) is 169 Å². The molecular formula is C17H23N5O7. The number of aliphatic hydroxyl groups excluding tert-OH is 1. The van der Waals surface area contributed by atoms with Crippen LogP contribution < -0.4 is 10.9 Å². The zero-order valence-electron chi connectivity index (χ0n) is 16.2. The van der Waals surface area contributed by atoms with E-state index in [9.17, 15) is 24.6 Å². The van der Waals surface area contributed by atoms with E-state index in [-0.39, 0.29) is 42.0 Å². The summed E-state index contributed by atoms with van der Waals surface area (Å²) in [5, 5.41) is 21.5. The van der Waals surface area contributed by atoms with Crippen LogP contribution in [0.25, 0.3) is 11.2 Å². The van der Waals surface area contributed by atoms with Gasteiger partial charge in [-0.15, -0.1) is 0 Å². The molecule has 1 amide bonds. The molecule has 1 aliphatic heterocycles. The number of nitrogens with zero attached hydrogens (tertiary/aromatic N) is 3. The second-order valence-electron chi connectivity index (χ2n) is 7.13. The Kier molecular flexibility index (Phi) is 5.68. The Morgan fingerprint density at radius 2 is 2.24 bits per heavy atom. The van der Waals surface area contributed by atoms with Crippen molar-refractivity contribution in [2.45, 2.75) is 32.1 Å². The number of aliphatic carboxylic acids is 1. The number of amides is 1. The largest absolute Gasteiger partial charge is 0.481 e. The Morgan fingerprint density at radius 3 is 2.83 bits per heavy atom. The van der Waals surface area contributed by atoms with Gasteiger partial charge in [-0.3, -0.25) is 29.3 Å².